The minimum Gasteiger partial charge on any atom is -0.458 e. The second-order valence-electron chi connectivity index (χ2n) is 22.0. The van der Waals surface area contributed by atoms with Gasteiger partial charge >= 0.3 is 0 Å². The van der Waals surface area contributed by atoms with E-state index in [2.05, 4.69) is 271 Å². The van der Waals surface area contributed by atoms with Crippen molar-refractivity contribution in [3.63, 3.8) is 0 Å². The van der Waals surface area contributed by atoms with Gasteiger partial charge in [-0.15, -0.1) is 0 Å². The van der Waals surface area contributed by atoms with Crippen molar-refractivity contribution in [2.24, 2.45) is 0 Å². The Bertz CT molecular complexity index is 4510. The van der Waals surface area contributed by atoms with Gasteiger partial charge < -0.3 is 4.74 Å². The predicted octanol–water partition coefficient (Wildman–Crippen LogP) is 16.8. The Morgan fingerprint density at radius 1 is 0.481 bits per heavy atom. The van der Waals surface area contributed by atoms with Crippen LogP contribution in [0.3, 0.4) is 0 Å². The first-order chi connectivity index (χ1) is 37.8. The summed E-state index contributed by atoms with van der Waals surface area (Å²) in [6.45, 7) is 6.73. The second kappa shape index (κ2) is 16.2. The van der Waals surface area contributed by atoms with E-state index >= 15 is 0 Å². The van der Waals surface area contributed by atoms with Crippen LogP contribution in [0.25, 0.3) is 83.4 Å². The highest BCUT2D eigenvalue weighted by molar-refractivity contribution is 6.09. The van der Waals surface area contributed by atoms with Gasteiger partial charge in [-0.2, -0.15) is 0 Å². The van der Waals surface area contributed by atoms with Crippen molar-refractivity contribution in [3.8, 4) is 62.1 Å². The van der Waals surface area contributed by atoms with Gasteiger partial charge in [-0.3, -0.25) is 13.7 Å². The van der Waals surface area contributed by atoms with Gasteiger partial charge in [0.15, 0.2) is 0 Å². The van der Waals surface area contributed by atoms with Crippen LogP contribution in [0.1, 0.15) is 71.2 Å². The van der Waals surface area contributed by atoms with Crippen LogP contribution in [0, 0.1) is 6.33 Å². The first kappa shape index (κ1) is 43.8. The third kappa shape index (κ3) is 6.23. The molecule has 1 aliphatic heterocycles. The minimum absolute atomic E-state index is 0.0260. The van der Waals surface area contributed by atoms with Crippen LogP contribution in [0.4, 0.5) is 0 Å². The lowest BCUT2D eigenvalue weighted by molar-refractivity contribution is -0.571. The lowest BCUT2D eigenvalue weighted by atomic mass is 9.51. The molecule has 77 heavy (non-hydrogen) atoms. The Kier molecular flexibility index (Phi) is 9.22. The molecule has 3 aromatic heterocycles. The number of nitrogens with zero attached hydrogens (tertiary/aromatic N) is 4. The molecule has 5 nitrogen and oxygen atoms in total. The maximum Gasteiger partial charge on any atom is 0.269 e. The summed E-state index contributed by atoms with van der Waals surface area (Å²) < 4.78 is 13.6. The van der Waals surface area contributed by atoms with Crippen molar-refractivity contribution in [2.75, 3.05) is 0 Å². The summed E-state index contributed by atoms with van der Waals surface area (Å²) in [7, 11) is 0. The van der Waals surface area contributed by atoms with Gasteiger partial charge in [0.1, 0.15) is 17.3 Å². The molecule has 0 saturated carbocycles. The van der Waals surface area contributed by atoms with Crippen molar-refractivity contribution in [1.29, 1.82) is 0 Å². The normalized spacial score (nSPS) is 15.6. The summed E-state index contributed by atoms with van der Waals surface area (Å²) in [5, 5.41) is 2.32. The van der Waals surface area contributed by atoms with Crippen molar-refractivity contribution in [3.05, 3.63) is 294 Å². The van der Waals surface area contributed by atoms with Crippen LogP contribution >= 0.6 is 0 Å². The summed E-state index contributed by atoms with van der Waals surface area (Å²) in [6, 6.07) is 87.0. The van der Waals surface area contributed by atoms with Crippen LogP contribution in [-0.2, 0) is 10.8 Å². The summed E-state index contributed by atoms with van der Waals surface area (Å²) in [5.41, 5.74) is 23.5. The first-order valence-corrected chi connectivity index (χ1v) is 26.7. The summed E-state index contributed by atoms with van der Waals surface area (Å²) in [4.78, 5) is 4.92. The van der Waals surface area contributed by atoms with E-state index in [-0.39, 0.29) is 11.3 Å². The third-order valence-corrected chi connectivity index (χ3v) is 16.9. The Labute approximate surface area is 447 Å². The Morgan fingerprint density at radius 2 is 1.08 bits per heavy atom. The molecule has 0 atom stereocenters. The van der Waals surface area contributed by atoms with Crippen molar-refractivity contribution in [2.45, 2.75) is 37.5 Å². The van der Waals surface area contributed by atoms with E-state index in [1.807, 2.05) is 12.3 Å². The second-order valence-corrected chi connectivity index (χ2v) is 22.0. The quantitative estimate of drug-likeness (QED) is 0.127. The zero-order chi connectivity index (χ0) is 51.1. The average molecular weight is 987 g/mol. The SMILES string of the molecule is CC(C)(C)c1ccnc(-n2c3ccccc3c3ccc(Oc4cccc(-n5[c-][n+]6c7c(cccc75)-c5ccccc5-c5ccc(C78c9ccccc9C(c9ccccc97)c7ccccc78)cc5-c5ccccc5-6)c4)cc32)c1. The molecule has 0 fully saturated rings. The van der Waals surface area contributed by atoms with Crippen LogP contribution in [0.15, 0.2) is 243 Å². The number of fused-ring (bicyclic) bond motifs is 10. The molecule has 0 amide bonds. The molecular weight excluding hydrogens is 937 g/mol. The van der Waals surface area contributed by atoms with Gasteiger partial charge in [-0.25, -0.2) is 4.98 Å². The number of hydrogen-bond donors (Lipinski definition) is 0. The highest BCUT2D eigenvalue weighted by Crippen LogP contribution is 2.62. The molecule has 0 radical (unpaired) electrons. The Hall–Kier alpha value is -9.58. The fourth-order valence-corrected chi connectivity index (χ4v) is 13.6. The first-order valence-electron chi connectivity index (χ1n) is 26.7. The predicted molar refractivity (Wildman–Crippen MR) is 310 cm³/mol. The lowest BCUT2D eigenvalue weighted by Crippen LogP contribution is -2.43. The van der Waals surface area contributed by atoms with E-state index in [1.165, 1.54) is 72.1 Å². The summed E-state index contributed by atoms with van der Waals surface area (Å²) >= 11 is 0. The van der Waals surface area contributed by atoms with Gasteiger partial charge in [0.25, 0.3) is 6.33 Å². The molecule has 5 heteroatoms. The van der Waals surface area contributed by atoms with Gasteiger partial charge in [-0.1, -0.05) is 191 Å². The van der Waals surface area contributed by atoms with E-state index in [1.54, 1.807) is 0 Å². The number of hydrogen-bond acceptors (Lipinski definition) is 2. The molecule has 4 heterocycles. The number of ether oxygens (including phenoxy) is 1. The monoisotopic (exact) mass is 986 g/mol. The van der Waals surface area contributed by atoms with Crippen molar-refractivity contribution >= 4 is 32.8 Å². The number of imidazole rings is 1. The molecular formula is C72H50N4O. The Balaban J connectivity index is 0.863. The molecule has 364 valence electrons. The largest absolute Gasteiger partial charge is 0.458 e. The number of rotatable bonds is 5. The molecule has 2 bridgehead atoms. The molecule has 13 aromatic rings. The van der Waals surface area contributed by atoms with Crippen molar-refractivity contribution in [1.82, 2.24) is 14.1 Å². The smallest absolute Gasteiger partial charge is 0.269 e. The van der Waals surface area contributed by atoms with E-state index in [9.17, 15) is 0 Å². The minimum atomic E-state index is -0.522. The highest BCUT2D eigenvalue weighted by atomic mass is 16.5. The van der Waals surface area contributed by atoms with Crippen molar-refractivity contribution < 1.29 is 9.30 Å². The third-order valence-electron chi connectivity index (χ3n) is 16.9. The maximum absolute atomic E-state index is 6.87. The van der Waals surface area contributed by atoms with Crippen LogP contribution in [0.5, 0.6) is 11.5 Å². The molecule has 0 saturated heterocycles. The average Bonchev–Trinajstić information content (AvgIpc) is 4.15. The zero-order valence-corrected chi connectivity index (χ0v) is 42.9. The molecule has 4 aliphatic rings. The number of benzene rings is 10. The zero-order valence-electron chi connectivity index (χ0n) is 42.9. The molecule has 3 aliphatic carbocycles. The number of aromatic nitrogens is 4. The van der Waals surface area contributed by atoms with Crippen LogP contribution < -0.4 is 9.30 Å². The summed E-state index contributed by atoms with van der Waals surface area (Å²) in [6.07, 6.45) is 5.87. The number of para-hydroxylation sites is 3. The molecule has 17 rings (SSSR count). The van der Waals surface area contributed by atoms with Gasteiger partial charge in [-0.05, 0) is 144 Å². The molecule has 0 unspecified atom stereocenters. The lowest BCUT2D eigenvalue weighted by Gasteiger charge is -2.51. The van der Waals surface area contributed by atoms with Crippen LogP contribution in [0.2, 0.25) is 0 Å². The standard InChI is InChI=1S/C72H50N4O/c1-71(2,3)45-38-39-73-68(41-45)76-65-32-15-10-22-53(65)55-37-35-49(43-67(55)76)77-48-19-16-18-47(42-48)74-44-75-64-31-14-9-23-54(64)60-40-46(34-36-52(60)50-20-4-5-21-51(50)56-27-17-33-66(74)70(56)75)72-61-28-11-6-24-57(61)69(58-25-7-12-29-62(58)72)59-26-8-13-30-63(59)72/h4-43,69H,1-3H3. The van der Waals surface area contributed by atoms with Gasteiger partial charge in [0.2, 0.25) is 0 Å². The fourth-order valence-electron chi connectivity index (χ4n) is 13.6. The number of pyridine rings is 1. The van der Waals surface area contributed by atoms with Gasteiger partial charge in [0.05, 0.1) is 38.9 Å². The van der Waals surface area contributed by atoms with Gasteiger partial charge in [0, 0.05) is 29.0 Å². The topological polar surface area (TPSA) is 35.9 Å². The summed E-state index contributed by atoms with van der Waals surface area (Å²) in [5.74, 6) is 2.54. The van der Waals surface area contributed by atoms with E-state index in [0.717, 1.165) is 67.3 Å². The highest BCUT2D eigenvalue weighted by Gasteiger charge is 2.52. The molecule has 0 spiro atoms. The van der Waals surface area contributed by atoms with E-state index in [4.69, 9.17) is 9.72 Å². The molecule has 10 aromatic carbocycles. The maximum atomic E-state index is 6.87. The molecule has 0 N–H and O–H groups in total. The Morgan fingerprint density at radius 3 is 1.83 bits per heavy atom. The fraction of sp³-hybridized carbons (Fsp3) is 0.0833. The van der Waals surface area contributed by atoms with E-state index < -0.39 is 5.41 Å². The van der Waals surface area contributed by atoms with E-state index in [0.29, 0.717) is 0 Å². The van der Waals surface area contributed by atoms with Crippen LogP contribution in [-0.4, -0.2) is 14.1 Å².